The third kappa shape index (κ3) is 3.56. The fourth-order valence-corrected chi connectivity index (χ4v) is 3.09. The van der Waals surface area contributed by atoms with E-state index in [-0.39, 0.29) is 0 Å². The maximum absolute atomic E-state index is 6.03. The number of pyridine rings is 2. The smallest absolute Gasteiger partial charge is 0.234 e. The lowest BCUT2D eigenvalue weighted by molar-refractivity contribution is 0.504. The van der Waals surface area contributed by atoms with Gasteiger partial charge >= 0.3 is 0 Å². The molecule has 30 heavy (non-hydrogen) atoms. The standard InChI is InChI=1S/C21H12Cl2N6O/c22-14-5-7-15(8-6-14)27-21-16-12-26-29(18-3-1-2-10-24-18)19(16)28-20(30-21)13-4-9-17(23)25-11-13/h1-12H. The van der Waals surface area contributed by atoms with Gasteiger partial charge in [0, 0.05) is 17.4 Å². The number of nitrogens with zero attached hydrogens (tertiary/aromatic N) is 6. The Balaban J connectivity index is 1.78. The predicted molar refractivity (Wildman–Crippen MR) is 114 cm³/mol. The molecule has 0 N–H and O–H groups in total. The van der Waals surface area contributed by atoms with Gasteiger partial charge in [0.15, 0.2) is 11.5 Å². The van der Waals surface area contributed by atoms with Gasteiger partial charge in [0.05, 0.1) is 17.4 Å². The molecule has 9 heteroatoms. The van der Waals surface area contributed by atoms with Crippen molar-refractivity contribution in [2.45, 2.75) is 0 Å². The van der Waals surface area contributed by atoms with Crippen LogP contribution in [0.4, 0.5) is 5.69 Å². The minimum Gasteiger partial charge on any atom is -0.419 e. The summed E-state index contributed by atoms with van der Waals surface area (Å²) < 4.78 is 7.67. The summed E-state index contributed by atoms with van der Waals surface area (Å²) >= 11 is 11.9. The number of hydrogen-bond acceptors (Lipinski definition) is 6. The zero-order valence-electron chi connectivity index (χ0n) is 15.3. The zero-order chi connectivity index (χ0) is 20.5. The second-order valence-corrected chi connectivity index (χ2v) is 7.09. The molecule has 7 nitrogen and oxygen atoms in total. The second kappa shape index (κ2) is 7.70. The van der Waals surface area contributed by atoms with Crippen LogP contribution < -0.4 is 5.55 Å². The molecule has 5 rings (SSSR count). The number of aromatic nitrogens is 5. The molecule has 146 valence electrons. The van der Waals surface area contributed by atoms with E-state index >= 15 is 0 Å². The van der Waals surface area contributed by atoms with Gasteiger partial charge in [0.25, 0.3) is 0 Å². The third-order valence-electron chi connectivity index (χ3n) is 4.27. The van der Waals surface area contributed by atoms with Crippen LogP contribution in [0.1, 0.15) is 0 Å². The largest absolute Gasteiger partial charge is 0.419 e. The van der Waals surface area contributed by atoms with Crippen molar-refractivity contribution in [3.05, 3.63) is 88.9 Å². The molecule has 0 saturated carbocycles. The third-order valence-corrected chi connectivity index (χ3v) is 4.75. The lowest BCUT2D eigenvalue weighted by Crippen LogP contribution is -2.07. The molecule has 0 saturated heterocycles. The minimum atomic E-state index is 0.331. The van der Waals surface area contributed by atoms with E-state index < -0.39 is 0 Å². The van der Waals surface area contributed by atoms with Crippen molar-refractivity contribution in [3.8, 4) is 17.3 Å². The summed E-state index contributed by atoms with van der Waals surface area (Å²) in [6, 6.07) is 16.1. The molecule has 0 atom stereocenters. The van der Waals surface area contributed by atoms with Crippen LogP contribution >= 0.6 is 23.2 Å². The summed E-state index contributed by atoms with van der Waals surface area (Å²) in [5.74, 6) is 0.959. The summed E-state index contributed by atoms with van der Waals surface area (Å²) in [5.41, 5.74) is 2.25. The van der Waals surface area contributed by atoms with Crippen molar-refractivity contribution in [1.82, 2.24) is 24.7 Å². The highest BCUT2D eigenvalue weighted by Gasteiger charge is 2.14. The van der Waals surface area contributed by atoms with Crippen LogP contribution in [0.3, 0.4) is 0 Å². The van der Waals surface area contributed by atoms with Gasteiger partial charge in [-0.25, -0.2) is 15.0 Å². The Morgan fingerprint density at radius 2 is 1.77 bits per heavy atom. The SMILES string of the molecule is Clc1ccc(N=c2oc(-c3ccc(Cl)nc3)nc3c2cnn3-c2ccccn2)cc1. The van der Waals surface area contributed by atoms with Crippen molar-refractivity contribution < 1.29 is 4.42 Å². The van der Waals surface area contributed by atoms with E-state index in [9.17, 15) is 0 Å². The lowest BCUT2D eigenvalue weighted by atomic mass is 10.3. The van der Waals surface area contributed by atoms with Crippen LogP contribution in [0.2, 0.25) is 10.2 Å². The summed E-state index contributed by atoms with van der Waals surface area (Å²) in [7, 11) is 0. The predicted octanol–water partition coefficient (Wildman–Crippen LogP) is 5.01. The molecule has 4 aromatic heterocycles. The van der Waals surface area contributed by atoms with Gasteiger partial charge in [0.2, 0.25) is 11.4 Å². The number of fused-ring (bicyclic) bond motifs is 1. The summed E-state index contributed by atoms with van der Waals surface area (Å²) in [4.78, 5) is 17.8. The Bertz CT molecular complexity index is 1390. The van der Waals surface area contributed by atoms with E-state index in [1.165, 1.54) is 0 Å². The number of rotatable bonds is 3. The fourth-order valence-electron chi connectivity index (χ4n) is 2.85. The molecule has 0 aliphatic heterocycles. The average Bonchev–Trinajstić information content (AvgIpc) is 3.21. The molecule has 0 aliphatic carbocycles. The Morgan fingerprint density at radius 3 is 2.50 bits per heavy atom. The summed E-state index contributed by atoms with van der Waals surface area (Å²) in [6.07, 6.45) is 4.94. The molecule has 1 aromatic carbocycles. The van der Waals surface area contributed by atoms with Crippen LogP contribution in [0.15, 0.2) is 82.6 Å². The minimum absolute atomic E-state index is 0.331. The molecule has 0 bridgehead atoms. The molecule has 0 fully saturated rings. The first-order valence-electron chi connectivity index (χ1n) is 8.90. The van der Waals surface area contributed by atoms with Gasteiger partial charge < -0.3 is 4.42 Å². The highest BCUT2D eigenvalue weighted by molar-refractivity contribution is 6.30. The Labute approximate surface area is 180 Å². The van der Waals surface area contributed by atoms with Crippen LogP contribution in [-0.2, 0) is 0 Å². The zero-order valence-corrected chi connectivity index (χ0v) is 16.8. The summed E-state index contributed by atoms with van der Waals surface area (Å²) in [5, 5.41) is 6.09. The molecule has 0 radical (unpaired) electrons. The van der Waals surface area contributed by atoms with Gasteiger partial charge in [-0.15, -0.1) is 0 Å². The lowest BCUT2D eigenvalue weighted by Gasteiger charge is -2.04. The normalized spacial score (nSPS) is 11.9. The van der Waals surface area contributed by atoms with E-state index in [0.29, 0.717) is 49.7 Å². The molecule has 5 aromatic rings. The molecular weight excluding hydrogens is 423 g/mol. The summed E-state index contributed by atoms with van der Waals surface area (Å²) in [6.45, 7) is 0. The molecule has 0 amide bonds. The van der Waals surface area contributed by atoms with Crippen LogP contribution in [0.25, 0.3) is 28.3 Å². The van der Waals surface area contributed by atoms with E-state index in [4.69, 9.17) is 27.6 Å². The second-order valence-electron chi connectivity index (χ2n) is 6.26. The number of halogens is 2. The van der Waals surface area contributed by atoms with Crippen molar-refractivity contribution in [2.24, 2.45) is 4.99 Å². The Hall–Kier alpha value is -3.55. The van der Waals surface area contributed by atoms with E-state index in [0.717, 1.165) is 0 Å². The first-order chi connectivity index (χ1) is 14.7. The van der Waals surface area contributed by atoms with Gasteiger partial charge in [0.1, 0.15) is 10.5 Å². The fraction of sp³-hybridized carbons (Fsp3) is 0. The maximum atomic E-state index is 6.03. The average molecular weight is 435 g/mol. The van der Waals surface area contributed by atoms with E-state index in [1.54, 1.807) is 59.7 Å². The van der Waals surface area contributed by atoms with E-state index in [1.807, 2.05) is 18.2 Å². The number of hydrogen-bond donors (Lipinski definition) is 0. The topological polar surface area (TPSA) is 82.0 Å². The Morgan fingerprint density at radius 1 is 0.900 bits per heavy atom. The molecular formula is C21H12Cl2N6O. The first kappa shape index (κ1) is 18.5. The van der Waals surface area contributed by atoms with Crippen LogP contribution in [0, 0.1) is 0 Å². The van der Waals surface area contributed by atoms with Crippen molar-refractivity contribution in [2.75, 3.05) is 0 Å². The number of benzene rings is 1. The quantitative estimate of drug-likeness (QED) is 0.372. The molecule has 0 aliphatic rings. The monoisotopic (exact) mass is 434 g/mol. The van der Waals surface area contributed by atoms with Gasteiger partial charge in [-0.2, -0.15) is 14.8 Å². The first-order valence-corrected chi connectivity index (χ1v) is 9.65. The Kier molecular flexibility index (Phi) is 4.74. The highest BCUT2D eigenvalue weighted by Crippen LogP contribution is 2.22. The molecule has 4 heterocycles. The van der Waals surface area contributed by atoms with E-state index in [2.05, 4.69) is 25.0 Å². The van der Waals surface area contributed by atoms with Gasteiger partial charge in [-0.1, -0.05) is 29.3 Å². The van der Waals surface area contributed by atoms with Gasteiger partial charge in [-0.3, -0.25) is 0 Å². The maximum Gasteiger partial charge on any atom is 0.234 e. The van der Waals surface area contributed by atoms with Crippen LogP contribution in [0.5, 0.6) is 0 Å². The molecule has 0 spiro atoms. The van der Waals surface area contributed by atoms with Gasteiger partial charge in [-0.05, 0) is 48.5 Å². The van der Waals surface area contributed by atoms with Crippen molar-refractivity contribution >= 4 is 39.9 Å². The highest BCUT2D eigenvalue weighted by atomic mass is 35.5. The van der Waals surface area contributed by atoms with Crippen molar-refractivity contribution in [1.29, 1.82) is 0 Å². The molecule has 0 unspecified atom stereocenters. The van der Waals surface area contributed by atoms with Crippen LogP contribution in [-0.4, -0.2) is 24.7 Å². The van der Waals surface area contributed by atoms with Crippen molar-refractivity contribution in [3.63, 3.8) is 0 Å².